The molecule has 0 aromatic rings. The van der Waals surface area contributed by atoms with Gasteiger partial charge in [-0.3, -0.25) is 0 Å². The molecule has 0 aromatic heterocycles. The first kappa shape index (κ1) is 14.5. The van der Waals surface area contributed by atoms with E-state index < -0.39 is 0 Å². The minimum Gasteiger partial charge on any atom is -0.313 e. The third-order valence-corrected chi connectivity index (χ3v) is 3.65. The fourth-order valence-electron chi connectivity index (χ4n) is 2.67. The van der Waals surface area contributed by atoms with Crippen LogP contribution in [0.15, 0.2) is 0 Å². The van der Waals surface area contributed by atoms with E-state index in [4.69, 9.17) is 6.42 Å². The quantitative estimate of drug-likeness (QED) is 0.720. The van der Waals surface area contributed by atoms with E-state index in [0.29, 0.717) is 12.1 Å². The zero-order valence-corrected chi connectivity index (χ0v) is 11.6. The molecule has 17 heavy (non-hydrogen) atoms. The van der Waals surface area contributed by atoms with E-state index in [0.717, 1.165) is 25.9 Å². The zero-order valence-electron chi connectivity index (χ0n) is 11.6. The third kappa shape index (κ3) is 4.67. The number of likely N-dealkylation sites (N-methyl/N-ethyl adjacent to an activating group) is 3. The van der Waals surface area contributed by atoms with Crippen LogP contribution in [0, 0.1) is 12.3 Å². The van der Waals surface area contributed by atoms with Crippen molar-refractivity contribution in [1.29, 1.82) is 0 Å². The fraction of sp³-hybridized carbons (Fsp3) is 0.857. The largest absolute Gasteiger partial charge is 0.313 e. The second-order valence-corrected chi connectivity index (χ2v) is 5.07. The molecule has 0 saturated carbocycles. The highest BCUT2D eigenvalue weighted by molar-refractivity contribution is 4.92. The SMILES string of the molecule is C#CCCC(NCC)C1CN(C)CCCN1C. The molecule has 1 rings (SSSR count). The minimum atomic E-state index is 0.515. The van der Waals surface area contributed by atoms with Crippen LogP contribution in [0.4, 0.5) is 0 Å². The van der Waals surface area contributed by atoms with Gasteiger partial charge in [-0.2, -0.15) is 0 Å². The Hall–Kier alpha value is -0.560. The number of hydrogen-bond donors (Lipinski definition) is 1. The van der Waals surface area contributed by atoms with E-state index in [1.165, 1.54) is 19.5 Å². The molecule has 0 radical (unpaired) electrons. The second kappa shape index (κ2) is 7.71. The summed E-state index contributed by atoms with van der Waals surface area (Å²) >= 11 is 0. The highest BCUT2D eigenvalue weighted by atomic mass is 15.2. The van der Waals surface area contributed by atoms with Crippen LogP contribution < -0.4 is 5.32 Å². The molecule has 0 aliphatic carbocycles. The lowest BCUT2D eigenvalue weighted by atomic mass is 10.0. The first-order chi connectivity index (χ1) is 8.19. The van der Waals surface area contributed by atoms with Gasteiger partial charge in [0.25, 0.3) is 0 Å². The van der Waals surface area contributed by atoms with Crippen LogP contribution in [0.3, 0.4) is 0 Å². The molecule has 98 valence electrons. The summed E-state index contributed by atoms with van der Waals surface area (Å²) in [6.45, 7) is 6.72. The Morgan fingerprint density at radius 2 is 2.18 bits per heavy atom. The van der Waals surface area contributed by atoms with Gasteiger partial charge in [0, 0.05) is 25.0 Å². The number of nitrogens with zero attached hydrogens (tertiary/aromatic N) is 2. The fourth-order valence-corrected chi connectivity index (χ4v) is 2.67. The molecule has 0 aromatic carbocycles. The topological polar surface area (TPSA) is 18.5 Å². The highest BCUT2D eigenvalue weighted by Gasteiger charge is 2.27. The average molecular weight is 237 g/mol. The van der Waals surface area contributed by atoms with Gasteiger partial charge in [0.15, 0.2) is 0 Å². The van der Waals surface area contributed by atoms with Gasteiger partial charge in [-0.15, -0.1) is 12.3 Å². The van der Waals surface area contributed by atoms with Gasteiger partial charge in [0.2, 0.25) is 0 Å². The van der Waals surface area contributed by atoms with Crippen molar-refractivity contribution in [3.63, 3.8) is 0 Å². The second-order valence-electron chi connectivity index (χ2n) is 5.07. The first-order valence-electron chi connectivity index (χ1n) is 6.74. The van der Waals surface area contributed by atoms with Crippen molar-refractivity contribution in [3.05, 3.63) is 0 Å². The number of terminal acetylenes is 1. The molecule has 2 atom stereocenters. The Bertz CT molecular complexity index is 246. The van der Waals surface area contributed by atoms with Crippen LogP contribution in [0.1, 0.15) is 26.2 Å². The van der Waals surface area contributed by atoms with E-state index >= 15 is 0 Å². The van der Waals surface area contributed by atoms with Gasteiger partial charge in [0.05, 0.1) is 0 Å². The Balaban J connectivity index is 2.64. The molecule has 0 bridgehead atoms. The molecule has 1 aliphatic heterocycles. The third-order valence-electron chi connectivity index (χ3n) is 3.65. The van der Waals surface area contributed by atoms with Crippen LogP contribution >= 0.6 is 0 Å². The molecule has 0 amide bonds. The minimum absolute atomic E-state index is 0.515. The molecule has 3 nitrogen and oxygen atoms in total. The monoisotopic (exact) mass is 237 g/mol. The number of hydrogen-bond acceptors (Lipinski definition) is 3. The Labute approximate surface area is 107 Å². The lowest BCUT2D eigenvalue weighted by molar-refractivity contribution is 0.174. The summed E-state index contributed by atoms with van der Waals surface area (Å²) < 4.78 is 0. The van der Waals surface area contributed by atoms with Crippen LogP contribution in [0.5, 0.6) is 0 Å². The van der Waals surface area contributed by atoms with Crippen molar-refractivity contribution in [1.82, 2.24) is 15.1 Å². The van der Waals surface area contributed by atoms with Crippen molar-refractivity contribution in [2.45, 2.75) is 38.3 Å². The maximum absolute atomic E-state index is 5.39. The zero-order chi connectivity index (χ0) is 12.7. The standard InChI is InChI=1S/C14H27N3/c1-5-7-9-13(15-6-2)14-12-16(3)10-8-11-17(14)4/h1,13-15H,6-12H2,2-4H3. The molecule has 0 spiro atoms. The molecule has 1 aliphatic rings. The van der Waals surface area contributed by atoms with Crippen molar-refractivity contribution in [2.24, 2.45) is 0 Å². The van der Waals surface area contributed by atoms with Crippen LogP contribution in [-0.2, 0) is 0 Å². The molecule has 2 unspecified atom stereocenters. The van der Waals surface area contributed by atoms with E-state index in [9.17, 15) is 0 Å². The first-order valence-corrected chi connectivity index (χ1v) is 6.74. The van der Waals surface area contributed by atoms with Gasteiger partial charge in [-0.05, 0) is 46.6 Å². The van der Waals surface area contributed by atoms with E-state index in [1.54, 1.807) is 0 Å². The summed E-state index contributed by atoms with van der Waals surface area (Å²) in [7, 11) is 4.46. The van der Waals surface area contributed by atoms with Gasteiger partial charge in [-0.25, -0.2) is 0 Å². The molecule has 1 heterocycles. The maximum atomic E-state index is 5.39. The Morgan fingerprint density at radius 1 is 1.41 bits per heavy atom. The number of nitrogens with one attached hydrogen (secondary N) is 1. The highest BCUT2D eigenvalue weighted by Crippen LogP contribution is 2.13. The molecular weight excluding hydrogens is 210 g/mol. The van der Waals surface area contributed by atoms with Crippen molar-refractivity contribution >= 4 is 0 Å². The summed E-state index contributed by atoms with van der Waals surface area (Å²) in [6, 6.07) is 1.09. The van der Waals surface area contributed by atoms with E-state index in [1.807, 2.05) is 0 Å². The van der Waals surface area contributed by atoms with Gasteiger partial charge in [-0.1, -0.05) is 6.92 Å². The molecule has 3 heteroatoms. The van der Waals surface area contributed by atoms with Crippen LogP contribution in [0.25, 0.3) is 0 Å². The Morgan fingerprint density at radius 3 is 2.82 bits per heavy atom. The lowest BCUT2D eigenvalue weighted by Gasteiger charge is -2.34. The molecule has 1 saturated heterocycles. The van der Waals surface area contributed by atoms with Crippen molar-refractivity contribution in [2.75, 3.05) is 40.3 Å². The molecule has 1 fully saturated rings. The number of rotatable bonds is 5. The normalized spacial score (nSPS) is 25.2. The van der Waals surface area contributed by atoms with Gasteiger partial charge < -0.3 is 15.1 Å². The molecule has 1 N–H and O–H groups in total. The average Bonchev–Trinajstić information content (AvgIpc) is 2.47. The molecular formula is C14H27N3. The van der Waals surface area contributed by atoms with Crippen LogP contribution in [-0.4, -0.2) is 62.2 Å². The maximum Gasteiger partial charge on any atom is 0.0373 e. The van der Waals surface area contributed by atoms with E-state index in [2.05, 4.69) is 42.1 Å². The van der Waals surface area contributed by atoms with E-state index in [-0.39, 0.29) is 0 Å². The predicted octanol–water partition coefficient (Wildman–Crippen LogP) is 1.01. The van der Waals surface area contributed by atoms with Gasteiger partial charge in [0.1, 0.15) is 0 Å². The predicted molar refractivity (Wildman–Crippen MR) is 74.1 cm³/mol. The van der Waals surface area contributed by atoms with Crippen molar-refractivity contribution in [3.8, 4) is 12.3 Å². The summed E-state index contributed by atoms with van der Waals surface area (Å²) in [5.74, 6) is 2.77. The Kier molecular flexibility index (Phi) is 6.57. The van der Waals surface area contributed by atoms with Gasteiger partial charge >= 0.3 is 0 Å². The van der Waals surface area contributed by atoms with Crippen molar-refractivity contribution < 1.29 is 0 Å². The summed E-state index contributed by atoms with van der Waals surface area (Å²) in [5.41, 5.74) is 0. The lowest BCUT2D eigenvalue weighted by Crippen LogP contribution is -2.52. The summed E-state index contributed by atoms with van der Waals surface area (Å²) in [6.07, 6.45) is 8.60. The summed E-state index contributed by atoms with van der Waals surface area (Å²) in [4.78, 5) is 4.93. The smallest absolute Gasteiger partial charge is 0.0373 e. The summed E-state index contributed by atoms with van der Waals surface area (Å²) in [5, 5.41) is 3.60. The van der Waals surface area contributed by atoms with Crippen LogP contribution in [0.2, 0.25) is 0 Å².